The van der Waals surface area contributed by atoms with Crippen molar-refractivity contribution >= 4 is 7.12 Å². The Morgan fingerprint density at radius 2 is 1.87 bits per heavy atom. The summed E-state index contributed by atoms with van der Waals surface area (Å²) < 4.78 is 0. The lowest BCUT2D eigenvalue weighted by atomic mass is 9.53. The molecule has 3 nitrogen and oxygen atoms in total. The Balaban J connectivity index is 2.79. The van der Waals surface area contributed by atoms with Gasteiger partial charge in [-0.05, 0) is 25.7 Å². The molecule has 1 rings (SSSR count). The van der Waals surface area contributed by atoms with E-state index in [2.05, 4.69) is 6.07 Å². The van der Waals surface area contributed by atoms with Crippen molar-refractivity contribution in [2.45, 2.75) is 51.8 Å². The van der Waals surface area contributed by atoms with Crippen molar-refractivity contribution in [1.29, 1.82) is 5.26 Å². The fourth-order valence-corrected chi connectivity index (χ4v) is 2.58. The minimum absolute atomic E-state index is 0.313. The average molecular weight is 209 g/mol. The summed E-state index contributed by atoms with van der Waals surface area (Å²) >= 11 is 0. The van der Waals surface area contributed by atoms with E-state index in [1.807, 2.05) is 6.92 Å². The van der Waals surface area contributed by atoms with E-state index in [-0.39, 0.29) is 5.82 Å². The summed E-state index contributed by atoms with van der Waals surface area (Å²) in [5.41, 5.74) is -0.603. The van der Waals surface area contributed by atoms with Gasteiger partial charge in [0.1, 0.15) is 0 Å². The molecule has 1 aliphatic rings. The van der Waals surface area contributed by atoms with E-state index in [0.717, 1.165) is 25.7 Å². The summed E-state index contributed by atoms with van der Waals surface area (Å²) in [7, 11) is -1.39. The van der Waals surface area contributed by atoms with Gasteiger partial charge in [-0.1, -0.05) is 26.2 Å². The van der Waals surface area contributed by atoms with Crippen molar-refractivity contribution in [3.63, 3.8) is 0 Å². The molecule has 0 radical (unpaired) electrons. The molecule has 0 aliphatic heterocycles. The zero-order valence-corrected chi connectivity index (χ0v) is 9.61. The molecule has 2 unspecified atom stereocenters. The molecular formula is C11H20BNO2. The summed E-state index contributed by atoms with van der Waals surface area (Å²) in [6.45, 7) is 3.62. The molecule has 1 aliphatic carbocycles. The molecule has 15 heavy (non-hydrogen) atoms. The predicted molar refractivity (Wildman–Crippen MR) is 59.9 cm³/mol. The van der Waals surface area contributed by atoms with Crippen molar-refractivity contribution in [1.82, 2.24) is 0 Å². The van der Waals surface area contributed by atoms with Crippen LogP contribution >= 0.6 is 0 Å². The molecule has 1 saturated carbocycles. The van der Waals surface area contributed by atoms with E-state index in [9.17, 15) is 15.3 Å². The molecule has 0 spiro atoms. The first-order chi connectivity index (χ1) is 7.02. The molecular weight excluding hydrogens is 189 g/mol. The van der Waals surface area contributed by atoms with Gasteiger partial charge in [0.2, 0.25) is 0 Å². The van der Waals surface area contributed by atoms with Crippen LogP contribution in [0.4, 0.5) is 0 Å². The molecule has 2 N–H and O–H groups in total. The lowest BCUT2D eigenvalue weighted by Gasteiger charge is -2.38. The van der Waals surface area contributed by atoms with Crippen molar-refractivity contribution in [2.75, 3.05) is 0 Å². The van der Waals surface area contributed by atoms with Crippen LogP contribution in [-0.2, 0) is 0 Å². The number of hydrogen-bond acceptors (Lipinski definition) is 3. The highest BCUT2D eigenvalue weighted by molar-refractivity contribution is 6.43. The highest BCUT2D eigenvalue weighted by atomic mass is 16.4. The third kappa shape index (κ3) is 2.53. The summed E-state index contributed by atoms with van der Waals surface area (Å²) in [4.78, 5) is 0. The highest BCUT2D eigenvalue weighted by Gasteiger charge is 2.44. The third-order valence-corrected chi connectivity index (χ3v) is 4.09. The van der Waals surface area contributed by atoms with Gasteiger partial charge < -0.3 is 10.0 Å². The van der Waals surface area contributed by atoms with Crippen LogP contribution < -0.4 is 0 Å². The first kappa shape index (κ1) is 12.5. The Hall–Kier alpha value is -0.525. The van der Waals surface area contributed by atoms with Gasteiger partial charge in [0, 0.05) is 5.82 Å². The molecule has 0 aromatic rings. The van der Waals surface area contributed by atoms with E-state index >= 15 is 0 Å². The normalized spacial score (nSPS) is 23.9. The van der Waals surface area contributed by atoms with Crippen LogP contribution in [0.25, 0.3) is 0 Å². The van der Waals surface area contributed by atoms with E-state index in [1.165, 1.54) is 6.42 Å². The largest absolute Gasteiger partial charge is 0.456 e. The van der Waals surface area contributed by atoms with Gasteiger partial charge in [0.05, 0.1) is 11.5 Å². The van der Waals surface area contributed by atoms with Crippen molar-refractivity contribution in [2.24, 2.45) is 11.3 Å². The standard InChI is InChI=1S/C11H20BNO2/c1-9(12(14)15)11(2,8-13)10-6-4-3-5-7-10/h9-10,14-15H,3-7H2,1-2H3. The van der Waals surface area contributed by atoms with Gasteiger partial charge in [0.25, 0.3) is 0 Å². The minimum atomic E-state index is -1.39. The fraction of sp³-hybridized carbons (Fsp3) is 0.909. The van der Waals surface area contributed by atoms with E-state index in [4.69, 9.17) is 0 Å². The maximum Gasteiger partial charge on any atom is 0.456 e. The summed E-state index contributed by atoms with van der Waals surface area (Å²) in [6, 6.07) is 2.31. The average Bonchev–Trinajstić information content (AvgIpc) is 2.28. The van der Waals surface area contributed by atoms with Crippen LogP contribution in [0, 0.1) is 22.7 Å². The number of nitrogens with zero attached hydrogens (tertiary/aromatic N) is 1. The molecule has 4 heteroatoms. The number of rotatable bonds is 3. The first-order valence-corrected chi connectivity index (χ1v) is 5.79. The smallest absolute Gasteiger partial charge is 0.427 e. The van der Waals surface area contributed by atoms with Crippen molar-refractivity contribution < 1.29 is 10.0 Å². The van der Waals surface area contributed by atoms with Crippen LogP contribution in [0.1, 0.15) is 46.0 Å². The third-order valence-electron chi connectivity index (χ3n) is 4.09. The SMILES string of the molecule is CC(B(O)O)C(C)(C#N)C1CCCCC1. The molecule has 2 atom stereocenters. The van der Waals surface area contributed by atoms with Crippen LogP contribution in [0.3, 0.4) is 0 Å². The monoisotopic (exact) mass is 209 g/mol. The van der Waals surface area contributed by atoms with E-state index in [0.29, 0.717) is 5.92 Å². The van der Waals surface area contributed by atoms with Gasteiger partial charge in [-0.15, -0.1) is 0 Å². The molecule has 0 bridgehead atoms. The van der Waals surface area contributed by atoms with Gasteiger partial charge >= 0.3 is 7.12 Å². The maximum atomic E-state index is 9.28. The summed E-state index contributed by atoms with van der Waals surface area (Å²) in [5, 5.41) is 27.7. The number of nitriles is 1. The molecule has 0 aromatic heterocycles. The molecule has 1 fully saturated rings. The van der Waals surface area contributed by atoms with Gasteiger partial charge in [-0.3, -0.25) is 0 Å². The Labute approximate surface area is 92.3 Å². The molecule has 0 amide bonds. The zero-order chi connectivity index (χ0) is 11.5. The first-order valence-electron chi connectivity index (χ1n) is 5.79. The molecule has 0 saturated heterocycles. The second-order valence-corrected chi connectivity index (χ2v) is 4.93. The summed E-state index contributed by atoms with van der Waals surface area (Å²) in [5.74, 6) is -0.0707. The predicted octanol–water partition coefficient (Wildman–Crippen LogP) is 1.96. The second-order valence-electron chi connectivity index (χ2n) is 4.93. The maximum absolute atomic E-state index is 9.28. The lowest BCUT2D eigenvalue weighted by Crippen LogP contribution is -2.38. The topological polar surface area (TPSA) is 64.2 Å². The van der Waals surface area contributed by atoms with E-state index in [1.54, 1.807) is 6.92 Å². The lowest BCUT2D eigenvalue weighted by molar-refractivity contribution is 0.174. The Morgan fingerprint density at radius 1 is 1.33 bits per heavy atom. The van der Waals surface area contributed by atoms with Crippen LogP contribution in [0.15, 0.2) is 0 Å². The quantitative estimate of drug-likeness (QED) is 0.698. The van der Waals surface area contributed by atoms with Crippen LogP contribution in [0.2, 0.25) is 5.82 Å². The molecule has 0 aromatic carbocycles. The van der Waals surface area contributed by atoms with Crippen LogP contribution in [0.5, 0.6) is 0 Å². The summed E-state index contributed by atoms with van der Waals surface area (Å²) in [6.07, 6.45) is 5.66. The van der Waals surface area contributed by atoms with Crippen LogP contribution in [-0.4, -0.2) is 17.2 Å². The van der Waals surface area contributed by atoms with Gasteiger partial charge in [-0.2, -0.15) is 5.26 Å². The highest BCUT2D eigenvalue weighted by Crippen LogP contribution is 2.46. The zero-order valence-electron chi connectivity index (χ0n) is 9.61. The Morgan fingerprint density at radius 3 is 2.27 bits per heavy atom. The Bertz CT molecular complexity index is 245. The number of hydrogen-bond donors (Lipinski definition) is 2. The minimum Gasteiger partial charge on any atom is -0.427 e. The van der Waals surface area contributed by atoms with Gasteiger partial charge in [0.15, 0.2) is 0 Å². The van der Waals surface area contributed by atoms with Gasteiger partial charge in [-0.25, -0.2) is 0 Å². The van der Waals surface area contributed by atoms with Crippen molar-refractivity contribution in [3.8, 4) is 6.07 Å². The molecule has 0 heterocycles. The fourth-order valence-electron chi connectivity index (χ4n) is 2.58. The second kappa shape index (κ2) is 5.00. The Kier molecular flexibility index (Phi) is 4.18. The van der Waals surface area contributed by atoms with Crippen molar-refractivity contribution in [3.05, 3.63) is 0 Å². The van der Waals surface area contributed by atoms with E-state index < -0.39 is 12.5 Å². The molecule has 84 valence electrons.